The SMILES string of the molecule is CO[C@@H]1C[C@H](c2nc(C)no2)N(C(=O)c2cc3c(s2)CCCC3)C1. The lowest BCUT2D eigenvalue weighted by atomic mass is 9.99. The monoisotopic (exact) mass is 347 g/mol. The number of ether oxygens (including phenoxy) is 1. The Morgan fingerprint density at radius 2 is 2.25 bits per heavy atom. The Labute approximate surface area is 144 Å². The minimum absolute atomic E-state index is 0.000688. The van der Waals surface area contributed by atoms with Crippen molar-refractivity contribution in [2.75, 3.05) is 13.7 Å². The fourth-order valence-electron chi connectivity index (χ4n) is 3.61. The first-order valence-electron chi connectivity index (χ1n) is 8.41. The molecule has 2 aromatic rings. The van der Waals surface area contributed by atoms with Crippen LogP contribution in [-0.2, 0) is 17.6 Å². The number of rotatable bonds is 3. The molecule has 2 aliphatic rings. The largest absolute Gasteiger partial charge is 0.380 e. The average Bonchev–Trinajstić information content (AvgIpc) is 3.30. The number of amides is 1. The van der Waals surface area contributed by atoms with E-state index in [0.29, 0.717) is 24.7 Å². The molecule has 1 saturated heterocycles. The zero-order valence-corrected chi connectivity index (χ0v) is 14.8. The molecule has 6 nitrogen and oxygen atoms in total. The van der Waals surface area contributed by atoms with Crippen LogP contribution in [0.2, 0.25) is 0 Å². The molecule has 0 bridgehead atoms. The van der Waals surface area contributed by atoms with Gasteiger partial charge in [-0.05, 0) is 44.2 Å². The van der Waals surface area contributed by atoms with Gasteiger partial charge in [-0.25, -0.2) is 0 Å². The minimum Gasteiger partial charge on any atom is -0.380 e. The molecule has 1 amide bonds. The van der Waals surface area contributed by atoms with Gasteiger partial charge < -0.3 is 14.2 Å². The third-order valence-electron chi connectivity index (χ3n) is 4.89. The number of methoxy groups -OCH3 is 1. The Kier molecular flexibility index (Phi) is 4.14. The summed E-state index contributed by atoms with van der Waals surface area (Å²) >= 11 is 1.64. The van der Waals surface area contributed by atoms with Gasteiger partial charge in [-0.1, -0.05) is 5.16 Å². The van der Waals surface area contributed by atoms with E-state index in [1.807, 2.05) is 4.90 Å². The molecule has 4 rings (SSSR count). The van der Waals surface area contributed by atoms with Gasteiger partial charge in [0.05, 0.1) is 11.0 Å². The minimum atomic E-state index is -0.206. The van der Waals surface area contributed by atoms with Crippen molar-refractivity contribution in [1.29, 1.82) is 0 Å². The van der Waals surface area contributed by atoms with E-state index < -0.39 is 0 Å². The summed E-state index contributed by atoms with van der Waals surface area (Å²) in [6.45, 7) is 2.35. The second-order valence-electron chi connectivity index (χ2n) is 6.51. The van der Waals surface area contributed by atoms with E-state index in [1.165, 1.54) is 23.3 Å². The van der Waals surface area contributed by atoms with E-state index in [4.69, 9.17) is 9.26 Å². The fourth-order valence-corrected chi connectivity index (χ4v) is 4.82. The van der Waals surface area contributed by atoms with Gasteiger partial charge in [0, 0.05) is 25.0 Å². The van der Waals surface area contributed by atoms with Crippen LogP contribution in [0.3, 0.4) is 0 Å². The number of nitrogens with zero attached hydrogens (tertiary/aromatic N) is 3. The highest BCUT2D eigenvalue weighted by Gasteiger charge is 2.40. The summed E-state index contributed by atoms with van der Waals surface area (Å²) in [5, 5.41) is 3.87. The van der Waals surface area contributed by atoms with Crippen LogP contribution in [0.1, 0.15) is 57.1 Å². The topological polar surface area (TPSA) is 68.5 Å². The van der Waals surface area contributed by atoms with Gasteiger partial charge >= 0.3 is 0 Å². The highest BCUT2D eigenvalue weighted by molar-refractivity contribution is 7.14. The van der Waals surface area contributed by atoms with E-state index in [-0.39, 0.29) is 18.1 Å². The standard InChI is InChI=1S/C17H21N3O3S/c1-10-18-16(23-19-10)13-8-12(22-2)9-20(13)17(21)15-7-11-5-3-4-6-14(11)24-15/h7,12-13H,3-6,8-9H2,1-2H3/t12-,13-/m1/s1. The van der Waals surface area contributed by atoms with Gasteiger partial charge in [0.1, 0.15) is 6.04 Å². The Morgan fingerprint density at radius 1 is 1.42 bits per heavy atom. The molecule has 1 aliphatic carbocycles. The number of carbonyl (C=O) groups is 1. The zero-order valence-electron chi connectivity index (χ0n) is 13.9. The molecule has 0 unspecified atom stereocenters. The Bertz CT molecular complexity index is 731. The fraction of sp³-hybridized carbons (Fsp3) is 0.588. The van der Waals surface area contributed by atoms with Crippen LogP contribution < -0.4 is 0 Å². The lowest BCUT2D eigenvalue weighted by Gasteiger charge is -2.20. The van der Waals surface area contributed by atoms with E-state index in [2.05, 4.69) is 16.2 Å². The summed E-state index contributed by atoms with van der Waals surface area (Å²) in [5.41, 5.74) is 1.35. The summed E-state index contributed by atoms with van der Waals surface area (Å²) in [4.78, 5) is 21.5. The van der Waals surface area contributed by atoms with Crippen molar-refractivity contribution >= 4 is 17.2 Å². The molecule has 0 spiro atoms. The first kappa shape index (κ1) is 15.8. The average molecular weight is 347 g/mol. The summed E-state index contributed by atoms with van der Waals surface area (Å²) < 4.78 is 10.8. The quantitative estimate of drug-likeness (QED) is 0.854. The Hall–Kier alpha value is -1.73. The summed E-state index contributed by atoms with van der Waals surface area (Å²) in [6.07, 6.45) is 5.32. The highest BCUT2D eigenvalue weighted by Crippen LogP contribution is 2.36. The maximum atomic E-state index is 13.1. The van der Waals surface area contributed by atoms with Gasteiger partial charge in [0.2, 0.25) is 5.89 Å². The third-order valence-corrected chi connectivity index (χ3v) is 6.12. The van der Waals surface area contributed by atoms with E-state index >= 15 is 0 Å². The van der Waals surface area contributed by atoms with Crippen LogP contribution in [0.25, 0.3) is 0 Å². The van der Waals surface area contributed by atoms with Crippen molar-refractivity contribution in [2.45, 2.75) is 51.2 Å². The van der Waals surface area contributed by atoms with Crippen molar-refractivity contribution in [2.24, 2.45) is 0 Å². The predicted octanol–water partition coefficient (Wildman–Crippen LogP) is 2.92. The number of fused-ring (bicyclic) bond motifs is 1. The summed E-state index contributed by atoms with van der Waals surface area (Å²) in [7, 11) is 1.68. The molecule has 1 fully saturated rings. The van der Waals surface area contributed by atoms with Crippen molar-refractivity contribution in [1.82, 2.24) is 15.0 Å². The number of aryl methyl sites for hydroxylation is 3. The molecule has 3 heterocycles. The zero-order chi connectivity index (χ0) is 16.7. The lowest BCUT2D eigenvalue weighted by molar-refractivity contribution is 0.0675. The molecule has 2 atom stereocenters. The van der Waals surface area contributed by atoms with Crippen LogP contribution in [0.15, 0.2) is 10.6 Å². The van der Waals surface area contributed by atoms with E-state index in [1.54, 1.807) is 25.4 Å². The number of hydrogen-bond donors (Lipinski definition) is 0. The molecule has 0 N–H and O–H groups in total. The van der Waals surface area contributed by atoms with Gasteiger partial charge in [-0.15, -0.1) is 11.3 Å². The van der Waals surface area contributed by atoms with Gasteiger partial charge in [0.25, 0.3) is 5.91 Å². The number of carbonyl (C=O) groups excluding carboxylic acids is 1. The van der Waals surface area contributed by atoms with Crippen LogP contribution in [0.5, 0.6) is 0 Å². The Morgan fingerprint density at radius 3 is 2.96 bits per heavy atom. The smallest absolute Gasteiger partial charge is 0.264 e. The van der Waals surface area contributed by atoms with Crippen LogP contribution in [0.4, 0.5) is 0 Å². The van der Waals surface area contributed by atoms with E-state index in [9.17, 15) is 4.79 Å². The van der Waals surface area contributed by atoms with Crippen LogP contribution in [-0.4, -0.2) is 40.7 Å². The maximum absolute atomic E-state index is 13.1. The first-order valence-corrected chi connectivity index (χ1v) is 9.23. The van der Waals surface area contributed by atoms with Crippen LogP contribution in [0, 0.1) is 6.92 Å². The molecule has 128 valence electrons. The second-order valence-corrected chi connectivity index (χ2v) is 7.65. The maximum Gasteiger partial charge on any atom is 0.264 e. The van der Waals surface area contributed by atoms with Crippen molar-refractivity contribution in [3.63, 3.8) is 0 Å². The molecule has 0 saturated carbocycles. The molecule has 24 heavy (non-hydrogen) atoms. The summed E-state index contributed by atoms with van der Waals surface area (Å²) in [6, 6.07) is 1.88. The number of hydrogen-bond acceptors (Lipinski definition) is 6. The molecule has 0 radical (unpaired) electrons. The van der Waals surface area contributed by atoms with Crippen molar-refractivity contribution in [3.05, 3.63) is 33.1 Å². The second kappa shape index (κ2) is 6.29. The molecule has 1 aliphatic heterocycles. The number of likely N-dealkylation sites (tertiary alicyclic amines) is 1. The van der Waals surface area contributed by atoms with Gasteiger partial charge in [-0.2, -0.15) is 4.98 Å². The van der Waals surface area contributed by atoms with E-state index in [0.717, 1.165) is 17.7 Å². The third kappa shape index (κ3) is 2.75. The first-order chi connectivity index (χ1) is 11.7. The molecular formula is C17H21N3O3S. The summed E-state index contributed by atoms with van der Waals surface area (Å²) in [5.74, 6) is 1.14. The molecule has 7 heteroatoms. The van der Waals surface area contributed by atoms with Gasteiger partial charge in [0.15, 0.2) is 5.82 Å². The van der Waals surface area contributed by atoms with Crippen LogP contribution >= 0.6 is 11.3 Å². The normalized spacial score (nSPS) is 23.5. The lowest BCUT2D eigenvalue weighted by Crippen LogP contribution is -2.31. The number of thiophene rings is 1. The molecular weight excluding hydrogens is 326 g/mol. The molecule has 0 aromatic carbocycles. The number of aromatic nitrogens is 2. The van der Waals surface area contributed by atoms with Gasteiger partial charge in [-0.3, -0.25) is 4.79 Å². The highest BCUT2D eigenvalue weighted by atomic mass is 32.1. The van der Waals surface area contributed by atoms with Crippen molar-refractivity contribution < 1.29 is 14.1 Å². The Balaban J connectivity index is 1.62. The predicted molar refractivity (Wildman–Crippen MR) is 89.2 cm³/mol. The van der Waals surface area contributed by atoms with Crippen molar-refractivity contribution in [3.8, 4) is 0 Å². The molecule has 2 aromatic heterocycles.